The van der Waals surface area contributed by atoms with Crippen LogP contribution in [0.1, 0.15) is 5.69 Å². The summed E-state index contributed by atoms with van der Waals surface area (Å²) in [5, 5.41) is 11.0. The molecule has 0 radical (unpaired) electrons. The molecule has 0 unspecified atom stereocenters. The number of carbonyl (C=O) groups is 1. The standard InChI is InChI=1S/C10H9NO4S/c12-9(13)5-14-4-7-6-16-10(11-7)8-2-1-3-15-8/h1-3,6H,4-5H2,(H,12,13). The van der Waals surface area contributed by atoms with Gasteiger partial charge in [-0.15, -0.1) is 11.3 Å². The number of hydrogen-bond acceptors (Lipinski definition) is 5. The van der Waals surface area contributed by atoms with Gasteiger partial charge in [0.1, 0.15) is 6.61 Å². The number of carboxylic acid groups (broad SMARTS) is 1. The molecule has 0 amide bonds. The normalized spacial score (nSPS) is 10.5. The second kappa shape index (κ2) is 4.91. The molecule has 0 aliphatic rings. The summed E-state index contributed by atoms with van der Waals surface area (Å²) >= 11 is 1.43. The molecule has 6 heteroatoms. The maximum Gasteiger partial charge on any atom is 0.329 e. The van der Waals surface area contributed by atoms with Crippen LogP contribution in [0.2, 0.25) is 0 Å². The number of ether oxygens (including phenoxy) is 1. The van der Waals surface area contributed by atoms with Crippen LogP contribution in [0.5, 0.6) is 0 Å². The highest BCUT2D eigenvalue weighted by Gasteiger charge is 2.07. The fourth-order valence-corrected chi connectivity index (χ4v) is 1.90. The Kier molecular flexibility index (Phi) is 3.33. The Bertz CT molecular complexity index is 463. The number of thiazole rings is 1. The van der Waals surface area contributed by atoms with Gasteiger partial charge in [-0.3, -0.25) is 0 Å². The quantitative estimate of drug-likeness (QED) is 0.863. The van der Waals surface area contributed by atoms with Crippen molar-refractivity contribution >= 4 is 17.3 Å². The van der Waals surface area contributed by atoms with Crippen LogP contribution in [-0.2, 0) is 16.1 Å². The van der Waals surface area contributed by atoms with Crippen LogP contribution in [0.25, 0.3) is 10.8 Å². The van der Waals surface area contributed by atoms with Gasteiger partial charge < -0.3 is 14.3 Å². The third-order valence-corrected chi connectivity index (χ3v) is 2.66. The number of aliphatic carboxylic acids is 1. The van der Waals surface area contributed by atoms with E-state index in [-0.39, 0.29) is 13.2 Å². The Morgan fingerprint density at radius 2 is 2.50 bits per heavy atom. The Hall–Kier alpha value is -1.66. The van der Waals surface area contributed by atoms with Crippen molar-refractivity contribution in [2.45, 2.75) is 6.61 Å². The fourth-order valence-electron chi connectivity index (χ4n) is 1.13. The van der Waals surface area contributed by atoms with E-state index < -0.39 is 5.97 Å². The Balaban J connectivity index is 1.95. The van der Waals surface area contributed by atoms with Crippen LogP contribution in [-0.4, -0.2) is 22.7 Å². The number of rotatable bonds is 5. The van der Waals surface area contributed by atoms with Gasteiger partial charge in [0.15, 0.2) is 10.8 Å². The molecule has 2 heterocycles. The lowest BCUT2D eigenvalue weighted by molar-refractivity contribution is -0.142. The van der Waals surface area contributed by atoms with E-state index in [2.05, 4.69) is 4.98 Å². The van der Waals surface area contributed by atoms with Gasteiger partial charge in [0.2, 0.25) is 0 Å². The SMILES string of the molecule is O=C(O)COCc1csc(-c2ccco2)n1. The molecule has 0 spiro atoms. The summed E-state index contributed by atoms with van der Waals surface area (Å²) in [5.74, 6) is -0.282. The first-order valence-corrected chi connectivity index (χ1v) is 5.41. The predicted octanol–water partition coefficient (Wildman–Crippen LogP) is 2.00. The van der Waals surface area contributed by atoms with Crippen molar-refractivity contribution in [3.63, 3.8) is 0 Å². The van der Waals surface area contributed by atoms with E-state index in [4.69, 9.17) is 14.3 Å². The minimum Gasteiger partial charge on any atom is -0.480 e. The van der Waals surface area contributed by atoms with Crippen molar-refractivity contribution < 1.29 is 19.1 Å². The van der Waals surface area contributed by atoms with Crippen LogP contribution < -0.4 is 0 Å². The Morgan fingerprint density at radius 3 is 3.19 bits per heavy atom. The van der Waals surface area contributed by atoms with Crippen molar-refractivity contribution in [1.82, 2.24) is 4.98 Å². The second-order valence-electron chi connectivity index (χ2n) is 3.01. The van der Waals surface area contributed by atoms with Gasteiger partial charge in [0.05, 0.1) is 18.6 Å². The largest absolute Gasteiger partial charge is 0.480 e. The lowest BCUT2D eigenvalue weighted by atomic mass is 10.4. The van der Waals surface area contributed by atoms with E-state index in [0.29, 0.717) is 11.5 Å². The maximum atomic E-state index is 10.2. The van der Waals surface area contributed by atoms with Crippen molar-refractivity contribution in [2.24, 2.45) is 0 Å². The average molecular weight is 239 g/mol. The minimum absolute atomic E-state index is 0.198. The van der Waals surface area contributed by atoms with E-state index in [1.807, 2.05) is 11.4 Å². The molecule has 0 saturated heterocycles. The van der Waals surface area contributed by atoms with Crippen LogP contribution >= 0.6 is 11.3 Å². The molecule has 0 aliphatic heterocycles. The molecule has 1 N–H and O–H groups in total. The molecular formula is C10H9NO4S. The Morgan fingerprint density at radius 1 is 1.62 bits per heavy atom. The van der Waals surface area contributed by atoms with Crippen LogP contribution in [0.15, 0.2) is 28.2 Å². The lowest BCUT2D eigenvalue weighted by Crippen LogP contribution is -2.06. The zero-order valence-corrected chi connectivity index (χ0v) is 9.07. The van der Waals surface area contributed by atoms with Crippen molar-refractivity contribution in [2.75, 3.05) is 6.61 Å². The minimum atomic E-state index is -0.985. The fraction of sp³-hybridized carbons (Fsp3) is 0.200. The first kappa shape index (κ1) is 10.8. The highest BCUT2D eigenvalue weighted by atomic mass is 32.1. The number of nitrogens with zero attached hydrogens (tertiary/aromatic N) is 1. The number of furan rings is 1. The molecule has 16 heavy (non-hydrogen) atoms. The summed E-state index contributed by atoms with van der Waals surface area (Å²) in [7, 11) is 0. The molecule has 0 bridgehead atoms. The summed E-state index contributed by atoms with van der Waals surface area (Å²) in [4.78, 5) is 14.5. The van der Waals surface area contributed by atoms with E-state index in [9.17, 15) is 4.79 Å². The van der Waals surface area contributed by atoms with Gasteiger partial charge >= 0.3 is 5.97 Å². The highest BCUT2D eigenvalue weighted by Crippen LogP contribution is 2.24. The van der Waals surface area contributed by atoms with E-state index in [1.165, 1.54) is 11.3 Å². The van der Waals surface area contributed by atoms with Crippen LogP contribution in [0.3, 0.4) is 0 Å². The molecule has 0 fully saturated rings. The van der Waals surface area contributed by atoms with Crippen LogP contribution in [0, 0.1) is 0 Å². The van der Waals surface area contributed by atoms with Gasteiger partial charge in [-0.25, -0.2) is 9.78 Å². The molecule has 0 aliphatic carbocycles. The summed E-state index contributed by atoms with van der Waals surface area (Å²) in [5.41, 5.74) is 0.706. The lowest BCUT2D eigenvalue weighted by Gasteiger charge is -1.96. The number of hydrogen-bond donors (Lipinski definition) is 1. The average Bonchev–Trinajstić information content (AvgIpc) is 2.85. The van der Waals surface area contributed by atoms with E-state index >= 15 is 0 Å². The van der Waals surface area contributed by atoms with Crippen molar-refractivity contribution in [3.05, 3.63) is 29.5 Å². The van der Waals surface area contributed by atoms with Crippen molar-refractivity contribution in [3.8, 4) is 10.8 Å². The van der Waals surface area contributed by atoms with Gasteiger partial charge in [0, 0.05) is 5.38 Å². The smallest absolute Gasteiger partial charge is 0.329 e. The third-order valence-electron chi connectivity index (χ3n) is 1.76. The van der Waals surface area contributed by atoms with Gasteiger partial charge in [-0.2, -0.15) is 0 Å². The van der Waals surface area contributed by atoms with Gasteiger partial charge in [-0.1, -0.05) is 0 Å². The number of carboxylic acids is 1. The second-order valence-corrected chi connectivity index (χ2v) is 3.87. The highest BCUT2D eigenvalue weighted by molar-refractivity contribution is 7.13. The molecule has 2 aromatic rings. The molecule has 0 atom stereocenters. The first-order chi connectivity index (χ1) is 7.75. The Labute approximate surface area is 95.3 Å². The zero-order valence-electron chi connectivity index (χ0n) is 8.25. The van der Waals surface area contributed by atoms with E-state index in [0.717, 1.165) is 5.01 Å². The maximum absolute atomic E-state index is 10.2. The molecule has 84 valence electrons. The molecule has 0 saturated carbocycles. The first-order valence-electron chi connectivity index (χ1n) is 4.53. The predicted molar refractivity (Wildman–Crippen MR) is 57.1 cm³/mol. The molecule has 2 rings (SSSR count). The molecular weight excluding hydrogens is 230 g/mol. The zero-order chi connectivity index (χ0) is 11.4. The van der Waals surface area contributed by atoms with Crippen LogP contribution in [0.4, 0.5) is 0 Å². The third kappa shape index (κ3) is 2.68. The van der Waals surface area contributed by atoms with Gasteiger partial charge in [-0.05, 0) is 12.1 Å². The van der Waals surface area contributed by atoms with Crippen molar-refractivity contribution in [1.29, 1.82) is 0 Å². The summed E-state index contributed by atoms with van der Waals surface area (Å²) < 4.78 is 10.1. The topological polar surface area (TPSA) is 72.6 Å². The van der Waals surface area contributed by atoms with Gasteiger partial charge in [0.25, 0.3) is 0 Å². The summed E-state index contributed by atoms with van der Waals surface area (Å²) in [6.07, 6.45) is 1.58. The summed E-state index contributed by atoms with van der Waals surface area (Å²) in [6, 6.07) is 3.61. The van der Waals surface area contributed by atoms with E-state index in [1.54, 1.807) is 12.3 Å². The monoisotopic (exact) mass is 239 g/mol. The summed E-state index contributed by atoms with van der Waals surface area (Å²) in [6.45, 7) is -0.114. The number of aromatic nitrogens is 1. The molecule has 5 nitrogen and oxygen atoms in total. The molecule has 0 aromatic carbocycles. The molecule has 2 aromatic heterocycles.